The van der Waals surface area contributed by atoms with Crippen LogP contribution in [0.15, 0.2) is 0 Å². The Morgan fingerprint density at radius 1 is 0.333 bits per heavy atom. The molecule has 0 aliphatic carbocycles. The van der Waals surface area contributed by atoms with Gasteiger partial charge in [-0.2, -0.15) is 0 Å². The molecule has 0 saturated carbocycles. The van der Waals surface area contributed by atoms with Crippen molar-refractivity contribution in [2.45, 2.75) is 356 Å². The van der Waals surface area contributed by atoms with Crippen molar-refractivity contribution in [2.75, 3.05) is 39.6 Å². The van der Waals surface area contributed by atoms with Gasteiger partial charge in [0.25, 0.3) is 0 Å². The molecule has 87 heavy (non-hydrogen) atoms. The Morgan fingerprint density at radius 3 is 0.874 bits per heavy atom. The van der Waals surface area contributed by atoms with Crippen LogP contribution >= 0.6 is 15.6 Å². The topological polar surface area (TPSA) is 237 Å². The Hall–Kier alpha value is -1.94. The highest BCUT2D eigenvalue weighted by atomic mass is 31.2. The molecule has 0 rings (SSSR count). The van der Waals surface area contributed by atoms with E-state index in [2.05, 4.69) is 48.5 Å². The number of rotatable bonds is 66. The molecular formula is C68H132O17P2. The van der Waals surface area contributed by atoms with Gasteiger partial charge in [0.15, 0.2) is 12.2 Å². The smallest absolute Gasteiger partial charge is 0.462 e. The number of hydrogen-bond acceptors (Lipinski definition) is 15. The van der Waals surface area contributed by atoms with Crippen LogP contribution in [0.4, 0.5) is 0 Å². The van der Waals surface area contributed by atoms with Gasteiger partial charge in [-0.1, -0.05) is 286 Å². The molecule has 19 heteroatoms. The van der Waals surface area contributed by atoms with Gasteiger partial charge < -0.3 is 33.8 Å². The van der Waals surface area contributed by atoms with Crippen LogP contribution in [0.5, 0.6) is 0 Å². The average Bonchev–Trinajstić information content (AvgIpc) is 3.68. The van der Waals surface area contributed by atoms with Crippen LogP contribution in [0.1, 0.15) is 337 Å². The van der Waals surface area contributed by atoms with Crippen LogP contribution in [0, 0.1) is 17.8 Å². The number of unbranched alkanes of at least 4 members (excludes halogenated alkanes) is 33. The summed E-state index contributed by atoms with van der Waals surface area (Å²) in [6, 6.07) is 0. The molecule has 0 aromatic carbocycles. The summed E-state index contributed by atoms with van der Waals surface area (Å²) in [5.74, 6) is 0.0882. The molecule has 6 atom stereocenters. The van der Waals surface area contributed by atoms with E-state index in [1.54, 1.807) is 0 Å². The van der Waals surface area contributed by atoms with E-state index in [9.17, 15) is 43.2 Å². The van der Waals surface area contributed by atoms with E-state index in [1.165, 1.54) is 141 Å². The molecule has 0 fully saturated rings. The van der Waals surface area contributed by atoms with E-state index in [4.69, 9.17) is 37.0 Å². The third kappa shape index (κ3) is 61.3. The molecule has 3 unspecified atom stereocenters. The van der Waals surface area contributed by atoms with Gasteiger partial charge in [0.1, 0.15) is 19.3 Å². The van der Waals surface area contributed by atoms with Crippen molar-refractivity contribution in [3.05, 3.63) is 0 Å². The van der Waals surface area contributed by atoms with Crippen molar-refractivity contribution >= 4 is 39.5 Å². The lowest BCUT2D eigenvalue weighted by atomic mass is 9.99. The van der Waals surface area contributed by atoms with Crippen molar-refractivity contribution < 1.29 is 80.2 Å². The first-order chi connectivity index (χ1) is 41.8. The second kappa shape index (κ2) is 59.1. The number of aliphatic hydroxyl groups is 1. The quantitative estimate of drug-likeness (QED) is 0.0222. The van der Waals surface area contributed by atoms with E-state index in [1.807, 2.05) is 0 Å². The van der Waals surface area contributed by atoms with Gasteiger partial charge >= 0.3 is 39.5 Å². The molecule has 516 valence electrons. The Balaban J connectivity index is 5.26. The summed E-state index contributed by atoms with van der Waals surface area (Å²) in [5.41, 5.74) is 0. The summed E-state index contributed by atoms with van der Waals surface area (Å²) in [6.45, 7) is 11.8. The highest BCUT2D eigenvalue weighted by Crippen LogP contribution is 2.45. The fourth-order valence-corrected chi connectivity index (χ4v) is 11.7. The zero-order valence-electron chi connectivity index (χ0n) is 56.5. The van der Waals surface area contributed by atoms with Crippen LogP contribution in [0.3, 0.4) is 0 Å². The van der Waals surface area contributed by atoms with Crippen LogP contribution in [-0.2, 0) is 65.4 Å². The molecule has 0 aromatic rings. The number of phosphoric ester groups is 2. The normalized spacial score (nSPS) is 14.6. The minimum atomic E-state index is -4.95. The zero-order valence-corrected chi connectivity index (χ0v) is 58.3. The summed E-state index contributed by atoms with van der Waals surface area (Å²) in [5, 5.41) is 10.6. The number of ether oxygens (including phenoxy) is 4. The van der Waals surface area contributed by atoms with Crippen molar-refractivity contribution in [3.63, 3.8) is 0 Å². The van der Waals surface area contributed by atoms with Crippen LogP contribution in [0.2, 0.25) is 0 Å². The summed E-state index contributed by atoms with van der Waals surface area (Å²) in [7, 11) is -9.90. The lowest BCUT2D eigenvalue weighted by Crippen LogP contribution is -2.30. The Kier molecular flexibility index (Phi) is 57.8. The predicted molar refractivity (Wildman–Crippen MR) is 349 cm³/mol. The highest BCUT2D eigenvalue weighted by molar-refractivity contribution is 7.47. The predicted octanol–water partition coefficient (Wildman–Crippen LogP) is 19.1. The molecule has 0 saturated heterocycles. The first kappa shape index (κ1) is 85.1. The van der Waals surface area contributed by atoms with E-state index in [0.717, 1.165) is 108 Å². The fourth-order valence-electron chi connectivity index (χ4n) is 10.2. The summed E-state index contributed by atoms with van der Waals surface area (Å²) in [6.07, 6.45) is 41.6. The highest BCUT2D eigenvalue weighted by Gasteiger charge is 2.30. The number of esters is 4. The maximum atomic E-state index is 13.0. The number of aliphatic hydroxyl groups excluding tert-OH is 1. The summed E-state index contributed by atoms with van der Waals surface area (Å²) < 4.78 is 68.2. The van der Waals surface area contributed by atoms with E-state index in [0.29, 0.717) is 31.6 Å². The Bertz CT molecular complexity index is 1720. The maximum Gasteiger partial charge on any atom is 0.472 e. The first-order valence-electron chi connectivity index (χ1n) is 35.4. The van der Waals surface area contributed by atoms with Crippen LogP contribution in [0.25, 0.3) is 0 Å². The minimum Gasteiger partial charge on any atom is -0.462 e. The number of phosphoric acid groups is 2. The van der Waals surface area contributed by atoms with Gasteiger partial charge in [-0.15, -0.1) is 0 Å². The molecule has 0 spiro atoms. The van der Waals surface area contributed by atoms with Crippen LogP contribution in [-0.4, -0.2) is 96.7 Å². The lowest BCUT2D eigenvalue weighted by Gasteiger charge is -2.21. The average molecular weight is 1280 g/mol. The molecule has 0 aromatic heterocycles. The van der Waals surface area contributed by atoms with Gasteiger partial charge in [-0.05, 0) is 43.4 Å². The molecule has 17 nitrogen and oxygen atoms in total. The lowest BCUT2D eigenvalue weighted by molar-refractivity contribution is -0.161. The molecule has 0 amide bonds. The summed E-state index contributed by atoms with van der Waals surface area (Å²) in [4.78, 5) is 72.4. The van der Waals surface area contributed by atoms with Gasteiger partial charge in [-0.3, -0.25) is 37.3 Å². The van der Waals surface area contributed by atoms with Crippen molar-refractivity contribution in [3.8, 4) is 0 Å². The van der Waals surface area contributed by atoms with E-state index >= 15 is 0 Å². The molecule has 0 aliphatic heterocycles. The number of carbonyl (C=O) groups is 4. The monoisotopic (exact) mass is 1280 g/mol. The SMILES string of the molecule is CCCCCCCCCCCCCCCC(=O)O[C@H](COC(=O)CCCCCCCCCCCC(C)C)COP(=O)(O)OC[C@@H](O)COP(=O)(O)OC[C@@H](COC(=O)CCCCCCCCCC(C)C)OC(=O)CCCCCCCCCCC(C)CC. The van der Waals surface area contributed by atoms with E-state index in [-0.39, 0.29) is 25.7 Å². The Labute approximate surface area is 530 Å². The zero-order chi connectivity index (χ0) is 64.5. The van der Waals surface area contributed by atoms with Gasteiger partial charge in [-0.25, -0.2) is 9.13 Å². The molecular weight excluding hydrogens is 1150 g/mol. The third-order valence-corrected chi connectivity index (χ3v) is 17.9. The van der Waals surface area contributed by atoms with Gasteiger partial charge in [0.2, 0.25) is 0 Å². The van der Waals surface area contributed by atoms with Crippen LogP contribution < -0.4 is 0 Å². The van der Waals surface area contributed by atoms with Gasteiger partial charge in [0.05, 0.1) is 26.4 Å². The standard InChI is InChI=1S/C68H132O17P2/c1-8-10-11-12-13-14-15-16-17-20-29-37-44-51-67(72)84-63(55-78-65(70)49-42-35-28-21-18-19-25-32-39-46-59(3)4)57-82-86(74,75)80-53-62(69)54-81-87(76,77)83-58-64(56-79-66(71)50-43-36-31-24-26-33-40-47-60(5)6)85-68(73)52-45-38-30-23-22-27-34-41-48-61(7)9-2/h59-64,69H,8-58H2,1-7H3,(H,74,75)(H,76,77)/t61?,62-,63-,64-/m1/s1. The first-order valence-corrected chi connectivity index (χ1v) is 38.4. The molecule has 0 heterocycles. The fraction of sp³-hybridized carbons (Fsp3) is 0.941. The maximum absolute atomic E-state index is 13.0. The second-order valence-electron chi connectivity index (χ2n) is 25.8. The molecule has 0 aliphatic rings. The number of carbonyl (C=O) groups excluding carboxylic acids is 4. The van der Waals surface area contributed by atoms with E-state index < -0.39 is 97.5 Å². The second-order valence-corrected chi connectivity index (χ2v) is 28.7. The number of hydrogen-bond donors (Lipinski definition) is 3. The van der Waals surface area contributed by atoms with Crippen molar-refractivity contribution in [1.82, 2.24) is 0 Å². The largest absolute Gasteiger partial charge is 0.472 e. The molecule has 0 bridgehead atoms. The third-order valence-electron chi connectivity index (χ3n) is 16.0. The van der Waals surface area contributed by atoms with Gasteiger partial charge in [0, 0.05) is 25.7 Å². The summed E-state index contributed by atoms with van der Waals surface area (Å²) >= 11 is 0. The Morgan fingerprint density at radius 2 is 0.586 bits per heavy atom. The molecule has 3 N–H and O–H groups in total. The molecule has 0 radical (unpaired) electrons. The van der Waals surface area contributed by atoms with Crippen molar-refractivity contribution in [1.29, 1.82) is 0 Å². The minimum absolute atomic E-state index is 0.104. The van der Waals surface area contributed by atoms with Crippen molar-refractivity contribution in [2.24, 2.45) is 17.8 Å².